The molecule has 158 valence electrons. The highest BCUT2D eigenvalue weighted by molar-refractivity contribution is 5.94. The van der Waals surface area contributed by atoms with E-state index in [1.165, 1.54) is 22.3 Å². The molecule has 0 saturated heterocycles. The van der Waals surface area contributed by atoms with Crippen molar-refractivity contribution in [3.8, 4) is 33.9 Å². The Hall–Kier alpha value is -4.06. The van der Waals surface area contributed by atoms with Crippen molar-refractivity contribution < 1.29 is 4.79 Å². The highest BCUT2D eigenvalue weighted by atomic mass is 16.1. The SMILES string of the molecule is Cc1ccc(-c2ccc(-c3nc4ccn(CC(=O)c5ccnn5C)cc-4n3)cc2)cc1C. The topological polar surface area (TPSA) is 65.6 Å². The van der Waals surface area contributed by atoms with Crippen LogP contribution < -0.4 is 0 Å². The molecule has 2 aliphatic rings. The number of benzene rings is 2. The van der Waals surface area contributed by atoms with Crippen LogP contribution in [0.5, 0.6) is 0 Å². The third kappa shape index (κ3) is 3.71. The smallest absolute Gasteiger partial charge is 0.200 e. The lowest BCUT2D eigenvalue weighted by Gasteiger charge is -2.07. The van der Waals surface area contributed by atoms with E-state index in [4.69, 9.17) is 4.98 Å². The van der Waals surface area contributed by atoms with Crippen molar-refractivity contribution in [1.82, 2.24) is 24.3 Å². The molecule has 0 N–H and O–H groups in total. The van der Waals surface area contributed by atoms with Gasteiger partial charge < -0.3 is 4.57 Å². The van der Waals surface area contributed by atoms with Crippen LogP contribution in [0.25, 0.3) is 33.9 Å². The minimum absolute atomic E-state index is 0.00369. The minimum Gasteiger partial charge on any atom is -0.344 e. The van der Waals surface area contributed by atoms with Gasteiger partial charge in [0.2, 0.25) is 0 Å². The summed E-state index contributed by atoms with van der Waals surface area (Å²) in [5.41, 5.74) is 8.06. The summed E-state index contributed by atoms with van der Waals surface area (Å²) in [7, 11) is 1.77. The summed E-state index contributed by atoms with van der Waals surface area (Å²) < 4.78 is 3.42. The van der Waals surface area contributed by atoms with Gasteiger partial charge in [0, 0.05) is 31.2 Å². The van der Waals surface area contributed by atoms with E-state index in [0.717, 1.165) is 17.0 Å². The summed E-state index contributed by atoms with van der Waals surface area (Å²) in [6.45, 7) is 4.48. The Morgan fingerprint density at radius 2 is 1.56 bits per heavy atom. The number of hydrogen-bond donors (Lipinski definition) is 0. The second kappa shape index (κ2) is 7.89. The molecule has 0 spiro atoms. The number of pyridine rings is 1. The molecule has 5 rings (SSSR count). The van der Waals surface area contributed by atoms with Crippen LogP contribution in [-0.4, -0.2) is 30.1 Å². The molecule has 0 bridgehead atoms. The molecule has 3 aromatic rings. The average Bonchev–Trinajstić information content (AvgIpc) is 3.41. The summed E-state index contributed by atoms with van der Waals surface area (Å²) >= 11 is 0. The standard InChI is InChI=1S/C26H23N5O/c1-17-4-5-21(14-18(17)2)19-6-8-20(9-7-19)26-28-22-11-13-31(15-23(22)29-26)16-25(32)24-10-12-27-30(24)3/h4-15H,16H2,1-3H3. The van der Waals surface area contributed by atoms with Crippen molar-refractivity contribution in [2.45, 2.75) is 20.4 Å². The van der Waals surface area contributed by atoms with Crippen LogP contribution in [0.3, 0.4) is 0 Å². The van der Waals surface area contributed by atoms with Gasteiger partial charge in [-0.25, -0.2) is 9.97 Å². The zero-order chi connectivity index (χ0) is 22.2. The van der Waals surface area contributed by atoms with Crippen molar-refractivity contribution in [3.05, 3.63) is 90.0 Å². The Balaban J connectivity index is 1.39. The number of aryl methyl sites for hydroxylation is 3. The third-order valence-electron chi connectivity index (χ3n) is 5.84. The predicted octanol–water partition coefficient (Wildman–Crippen LogP) is 4.95. The lowest BCUT2D eigenvalue weighted by Crippen LogP contribution is -2.14. The summed E-state index contributed by atoms with van der Waals surface area (Å²) in [6, 6.07) is 18.5. The van der Waals surface area contributed by atoms with Gasteiger partial charge in [-0.1, -0.05) is 42.5 Å². The maximum Gasteiger partial charge on any atom is 0.200 e. The van der Waals surface area contributed by atoms with Crippen molar-refractivity contribution in [3.63, 3.8) is 0 Å². The molecule has 0 atom stereocenters. The van der Waals surface area contributed by atoms with Crippen LogP contribution in [0.2, 0.25) is 0 Å². The number of Topliss-reactive ketones (excluding diaryl/α,β-unsaturated/α-hetero) is 1. The zero-order valence-electron chi connectivity index (χ0n) is 18.3. The third-order valence-corrected chi connectivity index (χ3v) is 5.84. The minimum atomic E-state index is -0.00369. The van der Waals surface area contributed by atoms with E-state index >= 15 is 0 Å². The first-order valence-corrected chi connectivity index (χ1v) is 10.5. The quantitative estimate of drug-likeness (QED) is 0.377. The number of imidazole rings is 1. The van der Waals surface area contributed by atoms with E-state index < -0.39 is 0 Å². The second-order valence-corrected chi connectivity index (χ2v) is 8.07. The lowest BCUT2D eigenvalue weighted by molar-refractivity contribution is 0.0963. The van der Waals surface area contributed by atoms with Gasteiger partial charge >= 0.3 is 0 Å². The molecule has 2 aromatic carbocycles. The normalized spacial score (nSPS) is 11.2. The Kier molecular flexibility index (Phi) is 4.90. The average molecular weight is 422 g/mol. The molecule has 0 radical (unpaired) electrons. The Morgan fingerprint density at radius 3 is 2.28 bits per heavy atom. The Bertz CT molecular complexity index is 1390. The number of rotatable bonds is 5. The van der Waals surface area contributed by atoms with Crippen LogP contribution in [0.1, 0.15) is 21.6 Å². The fourth-order valence-electron chi connectivity index (χ4n) is 3.81. The second-order valence-electron chi connectivity index (χ2n) is 8.07. The van der Waals surface area contributed by atoms with Crippen LogP contribution in [0.4, 0.5) is 0 Å². The van der Waals surface area contributed by atoms with E-state index in [1.807, 2.05) is 23.0 Å². The van der Waals surface area contributed by atoms with Gasteiger partial charge in [-0.05, 0) is 48.2 Å². The number of fused-ring (bicyclic) bond motifs is 1. The molecular weight excluding hydrogens is 398 g/mol. The van der Waals surface area contributed by atoms with Crippen molar-refractivity contribution in [2.75, 3.05) is 0 Å². The van der Waals surface area contributed by atoms with Crippen molar-refractivity contribution in [1.29, 1.82) is 0 Å². The molecule has 32 heavy (non-hydrogen) atoms. The highest BCUT2D eigenvalue weighted by Crippen LogP contribution is 2.28. The molecule has 0 fully saturated rings. The summed E-state index contributed by atoms with van der Waals surface area (Å²) in [4.78, 5) is 21.9. The maximum absolute atomic E-state index is 12.5. The fraction of sp³-hybridized carbons (Fsp3) is 0.154. The highest BCUT2D eigenvalue weighted by Gasteiger charge is 2.15. The van der Waals surface area contributed by atoms with Crippen molar-refractivity contribution in [2.24, 2.45) is 7.05 Å². The Morgan fingerprint density at radius 1 is 0.844 bits per heavy atom. The molecule has 6 nitrogen and oxygen atoms in total. The molecule has 0 saturated carbocycles. The van der Waals surface area contributed by atoms with Gasteiger partial charge in [0.1, 0.15) is 11.4 Å². The zero-order valence-corrected chi connectivity index (χ0v) is 18.3. The van der Waals surface area contributed by atoms with E-state index in [9.17, 15) is 4.79 Å². The first-order chi connectivity index (χ1) is 15.5. The van der Waals surface area contributed by atoms with Crippen LogP contribution in [0.15, 0.2) is 73.2 Å². The number of carbonyl (C=O) groups excluding carboxylic acids is 1. The first-order valence-electron chi connectivity index (χ1n) is 10.5. The lowest BCUT2D eigenvalue weighted by atomic mass is 9.99. The number of nitrogens with zero attached hydrogens (tertiary/aromatic N) is 5. The van der Waals surface area contributed by atoms with Crippen molar-refractivity contribution >= 4 is 5.78 Å². The van der Waals surface area contributed by atoms with Gasteiger partial charge in [-0.3, -0.25) is 9.48 Å². The van der Waals surface area contributed by atoms with Crippen LogP contribution in [0, 0.1) is 13.8 Å². The predicted molar refractivity (Wildman–Crippen MR) is 125 cm³/mol. The van der Waals surface area contributed by atoms with Gasteiger partial charge in [0.05, 0.1) is 12.2 Å². The molecule has 6 heteroatoms. The van der Waals surface area contributed by atoms with Gasteiger partial charge in [0.15, 0.2) is 11.6 Å². The maximum atomic E-state index is 12.5. The molecule has 1 aromatic heterocycles. The van der Waals surface area contributed by atoms with Crippen LogP contribution >= 0.6 is 0 Å². The largest absolute Gasteiger partial charge is 0.344 e. The first kappa shape index (κ1) is 19.9. The van der Waals surface area contributed by atoms with E-state index in [-0.39, 0.29) is 12.3 Å². The number of hydrogen-bond acceptors (Lipinski definition) is 4. The summed E-state index contributed by atoms with van der Waals surface area (Å²) in [5, 5.41) is 4.06. The van der Waals surface area contributed by atoms with Gasteiger partial charge in [-0.2, -0.15) is 5.10 Å². The number of carbonyl (C=O) groups is 1. The van der Waals surface area contributed by atoms with Gasteiger partial charge in [-0.15, -0.1) is 0 Å². The molecule has 3 heterocycles. The molecule has 0 unspecified atom stereocenters. The van der Waals surface area contributed by atoms with Gasteiger partial charge in [0.25, 0.3) is 0 Å². The van der Waals surface area contributed by atoms with E-state index in [1.54, 1.807) is 24.0 Å². The molecule has 0 amide bonds. The number of aromatic nitrogens is 5. The monoisotopic (exact) mass is 421 g/mol. The Labute approximate surface area is 186 Å². The molecule has 2 aliphatic heterocycles. The summed E-state index contributed by atoms with van der Waals surface area (Å²) in [6.07, 6.45) is 5.35. The van der Waals surface area contributed by atoms with Crippen LogP contribution in [-0.2, 0) is 13.6 Å². The molecule has 0 aliphatic carbocycles. The molecular formula is C26H23N5O. The van der Waals surface area contributed by atoms with E-state index in [0.29, 0.717) is 11.5 Å². The number of ketones is 1. The fourth-order valence-corrected chi connectivity index (χ4v) is 3.81. The summed E-state index contributed by atoms with van der Waals surface area (Å²) in [5.74, 6) is 0.679. The van der Waals surface area contributed by atoms with E-state index in [2.05, 4.69) is 66.4 Å².